The second kappa shape index (κ2) is 7.01. The summed E-state index contributed by atoms with van der Waals surface area (Å²) in [7, 11) is 1.66. The molecule has 0 saturated carbocycles. The van der Waals surface area contributed by atoms with Crippen LogP contribution in [0.15, 0.2) is 24.3 Å². The number of nitrogens with zero attached hydrogens (tertiary/aromatic N) is 1. The van der Waals surface area contributed by atoms with Crippen LogP contribution in [-0.2, 0) is 9.47 Å². The lowest BCUT2D eigenvalue weighted by Gasteiger charge is -2.35. The Balaban J connectivity index is 1.96. The molecule has 0 aromatic heterocycles. The van der Waals surface area contributed by atoms with Crippen molar-refractivity contribution in [2.24, 2.45) is 0 Å². The van der Waals surface area contributed by atoms with Gasteiger partial charge in [-0.1, -0.05) is 12.1 Å². The molecular weight excluding hydrogens is 304 g/mol. The third-order valence-electron chi connectivity index (χ3n) is 4.04. The number of anilines is 1. The first-order valence-electron chi connectivity index (χ1n) is 8.53. The number of nitrogens with one attached hydrogen (secondary N) is 1. The van der Waals surface area contributed by atoms with Crippen LogP contribution in [0, 0.1) is 0 Å². The van der Waals surface area contributed by atoms with E-state index in [0.29, 0.717) is 5.92 Å². The van der Waals surface area contributed by atoms with Gasteiger partial charge in [0.05, 0.1) is 11.3 Å². The summed E-state index contributed by atoms with van der Waals surface area (Å²) >= 11 is 0. The van der Waals surface area contributed by atoms with Crippen molar-refractivity contribution in [1.82, 2.24) is 5.01 Å². The van der Waals surface area contributed by atoms with Crippen molar-refractivity contribution in [3.8, 4) is 0 Å². The van der Waals surface area contributed by atoms with Gasteiger partial charge in [-0.15, -0.1) is 0 Å². The molecule has 0 aliphatic carbocycles. The number of hydrazine groups is 1. The number of ether oxygens (including phenoxy) is 2. The van der Waals surface area contributed by atoms with Gasteiger partial charge >= 0.3 is 6.09 Å². The molecule has 2 rings (SSSR count). The molecule has 1 aromatic rings. The van der Waals surface area contributed by atoms with Gasteiger partial charge in [-0.3, -0.25) is 5.43 Å². The van der Waals surface area contributed by atoms with Gasteiger partial charge in [-0.25, -0.2) is 9.80 Å². The van der Waals surface area contributed by atoms with Gasteiger partial charge in [0, 0.05) is 13.7 Å². The van der Waals surface area contributed by atoms with E-state index in [1.807, 2.05) is 32.9 Å². The number of hydrogen-bond donors (Lipinski definition) is 1. The molecule has 24 heavy (non-hydrogen) atoms. The van der Waals surface area contributed by atoms with E-state index in [-0.39, 0.29) is 5.60 Å². The fourth-order valence-corrected chi connectivity index (χ4v) is 2.92. The summed E-state index contributed by atoms with van der Waals surface area (Å²) in [4.78, 5) is 12.0. The van der Waals surface area contributed by atoms with Gasteiger partial charge in [0.15, 0.2) is 0 Å². The van der Waals surface area contributed by atoms with Crippen molar-refractivity contribution in [2.45, 2.75) is 64.6 Å². The number of rotatable bonds is 3. The minimum absolute atomic E-state index is 0.0588. The maximum Gasteiger partial charge on any atom is 0.428 e. The van der Waals surface area contributed by atoms with Crippen LogP contribution in [0.25, 0.3) is 0 Å². The monoisotopic (exact) mass is 334 g/mol. The highest BCUT2D eigenvalue weighted by Gasteiger charge is 2.29. The molecule has 0 bridgehead atoms. The Bertz CT molecular complexity index is 561. The van der Waals surface area contributed by atoms with E-state index in [4.69, 9.17) is 9.47 Å². The van der Waals surface area contributed by atoms with Crippen molar-refractivity contribution in [1.29, 1.82) is 0 Å². The standard InChI is InChI=1S/C19H30N2O3/c1-18(2,3)24-17(22)21(6)20-16-9-7-14(8-10-16)15-11-12-23-19(4,5)13-15/h7-10,15,20H,11-13H2,1-6H3/t15-/m0/s1. The fourth-order valence-electron chi connectivity index (χ4n) is 2.92. The topological polar surface area (TPSA) is 50.8 Å². The fraction of sp³-hybridized carbons (Fsp3) is 0.632. The minimum atomic E-state index is -0.507. The smallest absolute Gasteiger partial charge is 0.428 e. The van der Waals surface area contributed by atoms with Gasteiger partial charge in [0.2, 0.25) is 0 Å². The SMILES string of the molecule is CN(Nc1ccc([C@H]2CCOC(C)(C)C2)cc1)C(=O)OC(C)(C)C. The van der Waals surface area contributed by atoms with E-state index in [2.05, 4.69) is 31.4 Å². The Hall–Kier alpha value is -1.75. The van der Waals surface area contributed by atoms with Gasteiger partial charge in [-0.05, 0) is 71.1 Å². The molecule has 134 valence electrons. The van der Waals surface area contributed by atoms with Crippen molar-refractivity contribution in [2.75, 3.05) is 19.1 Å². The van der Waals surface area contributed by atoms with E-state index < -0.39 is 11.7 Å². The first-order chi connectivity index (χ1) is 11.1. The summed E-state index contributed by atoms with van der Waals surface area (Å²) < 4.78 is 11.1. The van der Waals surface area contributed by atoms with Crippen LogP contribution in [0.4, 0.5) is 10.5 Å². The Labute approximate surface area is 145 Å². The van der Waals surface area contributed by atoms with Crippen LogP contribution >= 0.6 is 0 Å². The summed E-state index contributed by atoms with van der Waals surface area (Å²) in [6.07, 6.45) is 1.67. The van der Waals surface area contributed by atoms with Gasteiger partial charge in [0.1, 0.15) is 5.60 Å². The maximum absolute atomic E-state index is 12.0. The normalized spacial score (nSPS) is 20.3. The second-order valence-electron chi connectivity index (χ2n) is 8.07. The molecule has 1 aromatic carbocycles. The largest absolute Gasteiger partial charge is 0.442 e. The van der Waals surface area contributed by atoms with E-state index in [9.17, 15) is 4.79 Å². The van der Waals surface area contributed by atoms with Crippen LogP contribution in [0.2, 0.25) is 0 Å². The Morgan fingerprint density at radius 3 is 2.46 bits per heavy atom. The van der Waals surface area contributed by atoms with Gasteiger partial charge in [-0.2, -0.15) is 0 Å². The Kier molecular flexibility index (Phi) is 5.43. The summed E-state index contributed by atoms with van der Waals surface area (Å²) in [6, 6.07) is 8.24. The Morgan fingerprint density at radius 2 is 1.92 bits per heavy atom. The van der Waals surface area contributed by atoms with Crippen molar-refractivity contribution in [3.05, 3.63) is 29.8 Å². The van der Waals surface area contributed by atoms with E-state index in [1.165, 1.54) is 10.6 Å². The summed E-state index contributed by atoms with van der Waals surface area (Å²) in [5.41, 5.74) is 4.65. The Morgan fingerprint density at radius 1 is 1.29 bits per heavy atom. The summed E-state index contributed by atoms with van der Waals surface area (Å²) in [5.74, 6) is 0.520. The van der Waals surface area contributed by atoms with Crippen LogP contribution in [0.3, 0.4) is 0 Å². The molecule has 1 aliphatic rings. The number of benzene rings is 1. The zero-order chi connectivity index (χ0) is 18.0. The molecule has 5 nitrogen and oxygen atoms in total. The summed E-state index contributed by atoms with van der Waals surface area (Å²) in [5, 5.41) is 1.36. The average Bonchev–Trinajstić information content (AvgIpc) is 2.45. The second-order valence-corrected chi connectivity index (χ2v) is 8.07. The number of hydrogen-bond acceptors (Lipinski definition) is 4. The highest BCUT2D eigenvalue weighted by molar-refractivity contribution is 5.69. The maximum atomic E-state index is 12.0. The van der Waals surface area contributed by atoms with E-state index >= 15 is 0 Å². The van der Waals surface area contributed by atoms with Gasteiger partial charge < -0.3 is 9.47 Å². The molecule has 0 radical (unpaired) electrons. The molecule has 5 heteroatoms. The van der Waals surface area contributed by atoms with Gasteiger partial charge in [0.25, 0.3) is 0 Å². The number of carbonyl (C=O) groups excluding carboxylic acids is 1. The quantitative estimate of drug-likeness (QED) is 0.824. The molecular formula is C19H30N2O3. The van der Waals surface area contributed by atoms with Crippen LogP contribution < -0.4 is 5.43 Å². The molecule has 1 aliphatic heterocycles. The zero-order valence-corrected chi connectivity index (χ0v) is 15.7. The predicted octanol–water partition coefficient (Wildman–Crippen LogP) is 4.55. The third-order valence-corrected chi connectivity index (χ3v) is 4.04. The molecule has 1 amide bonds. The number of amides is 1. The molecule has 1 N–H and O–H groups in total. The molecule has 0 spiro atoms. The highest BCUT2D eigenvalue weighted by Crippen LogP contribution is 2.35. The highest BCUT2D eigenvalue weighted by atomic mass is 16.6. The lowest BCUT2D eigenvalue weighted by Crippen LogP contribution is -2.37. The van der Waals surface area contributed by atoms with E-state index in [1.54, 1.807) is 7.05 Å². The lowest BCUT2D eigenvalue weighted by atomic mass is 9.83. The number of carbonyl (C=O) groups is 1. The first kappa shape index (κ1) is 18.6. The van der Waals surface area contributed by atoms with E-state index in [0.717, 1.165) is 25.1 Å². The molecule has 1 heterocycles. The van der Waals surface area contributed by atoms with Crippen molar-refractivity contribution >= 4 is 11.8 Å². The molecule has 1 atom stereocenters. The first-order valence-corrected chi connectivity index (χ1v) is 8.53. The van der Waals surface area contributed by atoms with Crippen molar-refractivity contribution in [3.63, 3.8) is 0 Å². The zero-order valence-electron chi connectivity index (χ0n) is 15.7. The van der Waals surface area contributed by atoms with Crippen LogP contribution in [0.5, 0.6) is 0 Å². The molecule has 0 unspecified atom stereocenters. The predicted molar refractivity (Wildman–Crippen MR) is 96.1 cm³/mol. The third kappa shape index (κ3) is 5.41. The molecule has 1 fully saturated rings. The summed E-state index contributed by atoms with van der Waals surface area (Å²) in [6.45, 7) is 10.6. The minimum Gasteiger partial charge on any atom is -0.442 e. The van der Waals surface area contributed by atoms with Crippen LogP contribution in [0.1, 0.15) is 58.9 Å². The average molecular weight is 334 g/mol. The molecule has 1 saturated heterocycles. The lowest BCUT2D eigenvalue weighted by molar-refractivity contribution is -0.0593. The van der Waals surface area contributed by atoms with Crippen LogP contribution in [-0.4, -0.2) is 36.0 Å². The van der Waals surface area contributed by atoms with Crippen molar-refractivity contribution < 1.29 is 14.3 Å².